The predicted molar refractivity (Wildman–Crippen MR) is 95.3 cm³/mol. The first-order valence-corrected chi connectivity index (χ1v) is 8.66. The number of halogens is 1. The Balaban J connectivity index is 1.55. The molecule has 0 N–H and O–H groups in total. The largest absolute Gasteiger partial charge is 0.469 e. The number of rotatable bonds is 3. The van der Waals surface area contributed by atoms with E-state index in [-0.39, 0.29) is 17.6 Å². The summed E-state index contributed by atoms with van der Waals surface area (Å²) in [7, 11) is 1.79. The van der Waals surface area contributed by atoms with Crippen molar-refractivity contribution in [3.8, 4) is 11.3 Å². The zero-order chi connectivity index (χ0) is 18.3. The Kier molecular flexibility index (Phi) is 4.11. The van der Waals surface area contributed by atoms with Crippen molar-refractivity contribution in [3.63, 3.8) is 0 Å². The van der Waals surface area contributed by atoms with E-state index in [0.29, 0.717) is 24.3 Å². The summed E-state index contributed by atoms with van der Waals surface area (Å²) in [4.78, 5) is 14.7. The molecule has 4 rings (SSSR count). The summed E-state index contributed by atoms with van der Waals surface area (Å²) in [5.74, 6) is 0.827. The van der Waals surface area contributed by atoms with Crippen LogP contribution in [0.3, 0.4) is 0 Å². The third-order valence-corrected chi connectivity index (χ3v) is 4.97. The Labute approximate surface area is 151 Å². The average Bonchev–Trinajstić information content (AvgIpc) is 3.36. The summed E-state index contributed by atoms with van der Waals surface area (Å²) in [6.07, 6.45) is 2.55. The lowest BCUT2D eigenvalue weighted by Gasteiger charge is -2.14. The Hall–Kier alpha value is -2.89. The van der Waals surface area contributed by atoms with Crippen LogP contribution in [0, 0.1) is 12.7 Å². The molecule has 1 atom stereocenters. The average molecular weight is 353 g/mol. The molecule has 0 bridgehead atoms. The Morgan fingerprint density at radius 3 is 2.88 bits per heavy atom. The van der Waals surface area contributed by atoms with Gasteiger partial charge < -0.3 is 9.32 Å². The lowest BCUT2D eigenvalue weighted by atomic mass is 10.1. The van der Waals surface area contributed by atoms with E-state index in [9.17, 15) is 9.18 Å². The van der Waals surface area contributed by atoms with Crippen LogP contribution in [0.15, 0.2) is 47.1 Å². The quantitative estimate of drug-likeness (QED) is 0.720. The SMILES string of the molecule is Cc1cc(-c2cc(C(=O)N3CCC(c4ccco4)C3)nn2C)ccc1F. The van der Waals surface area contributed by atoms with Crippen molar-refractivity contribution in [2.24, 2.45) is 7.05 Å². The van der Waals surface area contributed by atoms with Crippen LogP contribution in [-0.4, -0.2) is 33.7 Å². The third-order valence-electron chi connectivity index (χ3n) is 4.97. The molecule has 2 aromatic heterocycles. The summed E-state index contributed by atoms with van der Waals surface area (Å²) in [6, 6.07) is 10.5. The van der Waals surface area contributed by atoms with E-state index in [0.717, 1.165) is 23.4 Å². The van der Waals surface area contributed by atoms with Crippen LogP contribution in [0.1, 0.15) is 34.2 Å². The molecule has 1 aliphatic heterocycles. The monoisotopic (exact) mass is 353 g/mol. The van der Waals surface area contributed by atoms with E-state index in [1.165, 1.54) is 6.07 Å². The molecular formula is C20H20FN3O2. The van der Waals surface area contributed by atoms with Crippen molar-refractivity contribution in [2.45, 2.75) is 19.3 Å². The van der Waals surface area contributed by atoms with Gasteiger partial charge in [0.15, 0.2) is 5.69 Å². The standard InChI is InChI=1S/C20H20FN3O2/c1-13-10-14(5-6-16(13)21)18-11-17(22-23(18)2)20(25)24-8-7-15(12-24)19-4-3-9-26-19/h3-6,9-11,15H,7-8,12H2,1-2H3. The van der Waals surface area contributed by atoms with Crippen molar-refractivity contribution in [1.82, 2.24) is 14.7 Å². The minimum absolute atomic E-state index is 0.0836. The maximum absolute atomic E-state index is 13.5. The van der Waals surface area contributed by atoms with Crippen LogP contribution in [-0.2, 0) is 7.05 Å². The van der Waals surface area contributed by atoms with Gasteiger partial charge >= 0.3 is 0 Å². The lowest BCUT2D eigenvalue weighted by molar-refractivity contribution is 0.0783. The van der Waals surface area contributed by atoms with Gasteiger partial charge in [-0.3, -0.25) is 9.48 Å². The minimum Gasteiger partial charge on any atom is -0.469 e. The maximum atomic E-state index is 13.5. The van der Waals surface area contributed by atoms with Gasteiger partial charge in [-0.25, -0.2) is 4.39 Å². The summed E-state index contributed by atoms with van der Waals surface area (Å²) in [5.41, 5.74) is 2.60. The van der Waals surface area contributed by atoms with Crippen molar-refractivity contribution in [3.05, 3.63) is 65.5 Å². The van der Waals surface area contributed by atoms with Crippen LogP contribution < -0.4 is 0 Å². The molecule has 3 heterocycles. The van der Waals surface area contributed by atoms with Gasteiger partial charge in [-0.05, 0) is 55.3 Å². The van der Waals surface area contributed by atoms with Gasteiger partial charge in [-0.2, -0.15) is 5.10 Å². The van der Waals surface area contributed by atoms with Crippen LogP contribution in [0.4, 0.5) is 4.39 Å². The molecule has 1 fully saturated rings. The number of nitrogens with zero attached hydrogens (tertiary/aromatic N) is 3. The number of carbonyl (C=O) groups is 1. The van der Waals surface area contributed by atoms with E-state index in [4.69, 9.17) is 4.42 Å². The van der Waals surface area contributed by atoms with Crippen LogP contribution in [0.2, 0.25) is 0 Å². The number of hydrogen-bond donors (Lipinski definition) is 0. The van der Waals surface area contributed by atoms with E-state index in [1.54, 1.807) is 43.1 Å². The molecule has 3 aromatic rings. The van der Waals surface area contributed by atoms with Gasteiger partial charge in [0, 0.05) is 31.6 Å². The first-order chi connectivity index (χ1) is 12.5. The molecule has 1 aliphatic rings. The van der Waals surface area contributed by atoms with Gasteiger partial charge in [0.1, 0.15) is 11.6 Å². The van der Waals surface area contributed by atoms with E-state index in [2.05, 4.69) is 5.10 Å². The molecule has 1 saturated heterocycles. The number of aryl methyl sites for hydroxylation is 2. The van der Waals surface area contributed by atoms with Crippen molar-refractivity contribution >= 4 is 5.91 Å². The first-order valence-electron chi connectivity index (χ1n) is 8.66. The molecule has 0 radical (unpaired) electrons. The molecule has 0 saturated carbocycles. The summed E-state index contributed by atoms with van der Waals surface area (Å²) >= 11 is 0. The number of benzene rings is 1. The second kappa shape index (κ2) is 6.44. The molecule has 1 amide bonds. The summed E-state index contributed by atoms with van der Waals surface area (Å²) < 4.78 is 20.6. The van der Waals surface area contributed by atoms with Gasteiger partial charge in [0.25, 0.3) is 5.91 Å². The van der Waals surface area contributed by atoms with Gasteiger partial charge in [0.05, 0.1) is 12.0 Å². The summed E-state index contributed by atoms with van der Waals surface area (Å²) in [5, 5.41) is 4.38. The third kappa shape index (κ3) is 2.92. The fourth-order valence-corrected chi connectivity index (χ4v) is 3.51. The van der Waals surface area contributed by atoms with Gasteiger partial charge in [-0.1, -0.05) is 0 Å². The topological polar surface area (TPSA) is 51.3 Å². The Morgan fingerprint density at radius 2 is 2.15 bits per heavy atom. The van der Waals surface area contributed by atoms with Gasteiger partial charge in [0.2, 0.25) is 0 Å². The fourth-order valence-electron chi connectivity index (χ4n) is 3.51. The lowest BCUT2D eigenvalue weighted by Crippen LogP contribution is -2.28. The highest BCUT2D eigenvalue weighted by Crippen LogP contribution is 2.29. The van der Waals surface area contributed by atoms with E-state index >= 15 is 0 Å². The highest BCUT2D eigenvalue weighted by Gasteiger charge is 2.30. The van der Waals surface area contributed by atoms with Crippen molar-refractivity contribution in [1.29, 1.82) is 0 Å². The molecule has 5 nitrogen and oxygen atoms in total. The molecule has 1 aromatic carbocycles. The number of amides is 1. The molecule has 134 valence electrons. The molecule has 6 heteroatoms. The highest BCUT2D eigenvalue weighted by molar-refractivity contribution is 5.93. The first kappa shape index (κ1) is 16.6. The molecular weight excluding hydrogens is 333 g/mol. The number of carbonyl (C=O) groups excluding carboxylic acids is 1. The molecule has 0 aliphatic carbocycles. The normalized spacial score (nSPS) is 17.0. The highest BCUT2D eigenvalue weighted by atomic mass is 19.1. The molecule has 26 heavy (non-hydrogen) atoms. The second-order valence-corrected chi connectivity index (χ2v) is 6.75. The Bertz CT molecular complexity index is 946. The fraction of sp³-hybridized carbons (Fsp3) is 0.300. The van der Waals surface area contributed by atoms with Crippen molar-refractivity contribution in [2.75, 3.05) is 13.1 Å². The number of aromatic nitrogens is 2. The zero-order valence-corrected chi connectivity index (χ0v) is 14.8. The summed E-state index contributed by atoms with van der Waals surface area (Å²) in [6.45, 7) is 3.04. The van der Waals surface area contributed by atoms with Crippen LogP contribution in [0.25, 0.3) is 11.3 Å². The van der Waals surface area contributed by atoms with Gasteiger partial charge in [-0.15, -0.1) is 0 Å². The van der Waals surface area contributed by atoms with Crippen LogP contribution in [0.5, 0.6) is 0 Å². The molecule has 0 spiro atoms. The van der Waals surface area contributed by atoms with E-state index < -0.39 is 0 Å². The Morgan fingerprint density at radius 1 is 1.31 bits per heavy atom. The zero-order valence-electron chi connectivity index (χ0n) is 14.8. The number of hydrogen-bond acceptors (Lipinski definition) is 3. The molecule has 1 unspecified atom stereocenters. The predicted octanol–water partition coefficient (Wildman–Crippen LogP) is 3.76. The minimum atomic E-state index is -0.242. The number of likely N-dealkylation sites (tertiary alicyclic amines) is 1. The smallest absolute Gasteiger partial charge is 0.274 e. The number of furan rings is 1. The second-order valence-electron chi connectivity index (χ2n) is 6.75. The maximum Gasteiger partial charge on any atom is 0.274 e. The van der Waals surface area contributed by atoms with Crippen molar-refractivity contribution < 1.29 is 13.6 Å². The van der Waals surface area contributed by atoms with E-state index in [1.807, 2.05) is 17.0 Å². The van der Waals surface area contributed by atoms with Crippen LogP contribution >= 0.6 is 0 Å².